The van der Waals surface area contributed by atoms with E-state index >= 15 is 0 Å². The maximum absolute atomic E-state index is 13.3. The van der Waals surface area contributed by atoms with Crippen molar-refractivity contribution >= 4 is 39.9 Å². The molecule has 36 heavy (non-hydrogen) atoms. The van der Waals surface area contributed by atoms with Gasteiger partial charge >= 0.3 is 0 Å². The van der Waals surface area contributed by atoms with Gasteiger partial charge in [-0.05, 0) is 31.2 Å². The standard InChI is InChI=1S/C25H30ClN5O4S/c1-15-21(36-24(27-15)28-23(33)25(2,3)4)19-13-18(22(32)30-8-10-35-11-9-30)29-31(19)14-16-12-17(26)6-7-20(16)34-5/h6-7,12-13H,8-11,14H2,1-5H3,(H,27,28,33). The molecule has 2 aromatic heterocycles. The molecular weight excluding hydrogens is 502 g/mol. The molecule has 1 saturated heterocycles. The molecule has 0 unspecified atom stereocenters. The summed E-state index contributed by atoms with van der Waals surface area (Å²) < 4.78 is 12.7. The number of thiazole rings is 1. The Labute approximate surface area is 219 Å². The topological polar surface area (TPSA) is 98.6 Å². The number of carbonyl (C=O) groups excluding carboxylic acids is 2. The second-order valence-corrected chi connectivity index (χ2v) is 11.0. The highest BCUT2D eigenvalue weighted by molar-refractivity contribution is 7.19. The molecule has 0 spiro atoms. The third-order valence-electron chi connectivity index (χ3n) is 5.79. The number of aromatic nitrogens is 3. The number of aryl methyl sites for hydroxylation is 1. The van der Waals surface area contributed by atoms with Gasteiger partial charge < -0.3 is 19.7 Å². The molecule has 3 heterocycles. The number of carbonyl (C=O) groups is 2. The van der Waals surface area contributed by atoms with Crippen LogP contribution in [0.15, 0.2) is 24.3 Å². The molecular formula is C25H30ClN5O4S. The van der Waals surface area contributed by atoms with Gasteiger partial charge in [0.05, 0.1) is 43.1 Å². The van der Waals surface area contributed by atoms with Gasteiger partial charge in [-0.25, -0.2) is 4.98 Å². The molecule has 4 rings (SSSR count). The number of methoxy groups -OCH3 is 1. The Morgan fingerprint density at radius 3 is 2.61 bits per heavy atom. The first-order valence-corrected chi connectivity index (χ1v) is 12.8. The predicted molar refractivity (Wildman–Crippen MR) is 140 cm³/mol. The summed E-state index contributed by atoms with van der Waals surface area (Å²) in [6.07, 6.45) is 0. The fourth-order valence-corrected chi connectivity index (χ4v) is 4.93. The van der Waals surface area contributed by atoms with Crippen LogP contribution in [-0.2, 0) is 16.1 Å². The number of halogens is 1. The van der Waals surface area contributed by atoms with Gasteiger partial charge in [0.15, 0.2) is 10.8 Å². The van der Waals surface area contributed by atoms with E-state index in [-0.39, 0.29) is 11.8 Å². The molecule has 0 bridgehead atoms. The number of nitrogens with one attached hydrogen (secondary N) is 1. The lowest BCUT2D eigenvalue weighted by Crippen LogP contribution is -2.40. The Bertz CT molecular complexity index is 1270. The maximum Gasteiger partial charge on any atom is 0.274 e. The number of morpholine rings is 1. The van der Waals surface area contributed by atoms with Crippen LogP contribution in [0.2, 0.25) is 5.02 Å². The Kier molecular flexibility index (Phi) is 7.67. The highest BCUT2D eigenvalue weighted by Crippen LogP contribution is 2.35. The summed E-state index contributed by atoms with van der Waals surface area (Å²) in [7, 11) is 1.60. The average Bonchev–Trinajstić information content (AvgIpc) is 3.41. The Balaban J connectivity index is 1.74. The lowest BCUT2D eigenvalue weighted by Gasteiger charge is -2.25. The van der Waals surface area contributed by atoms with Gasteiger partial charge in [0.25, 0.3) is 5.91 Å². The molecule has 1 fully saturated rings. The van der Waals surface area contributed by atoms with E-state index in [9.17, 15) is 9.59 Å². The molecule has 192 valence electrons. The highest BCUT2D eigenvalue weighted by Gasteiger charge is 2.26. The first-order chi connectivity index (χ1) is 17.1. The largest absolute Gasteiger partial charge is 0.496 e. The van der Waals surface area contributed by atoms with Gasteiger partial charge in [0.2, 0.25) is 5.91 Å². The van der Waals surface area contributed by atoms with Gasteiger partial charge in [-0.1, -0.05) is 43.7 Å². The number of amides is 2. The number of nitrogens with zero attached hydrogens (tertiary/aromatic N) is 4. The highest BCUT2D eigenvalue weighted by atomic mass is 35.5. The zero-order chi connectivity index (χ0) is 26.0. The molecule has 3 aromatic rings. The van der Waals surface area contributed by atoms with Crippen LogP contribution in [0.1, 0.15) is 42.5 Å². The first-order valence-electron chi connectivity index (χ1n) is 11.6. The Hall–Kier alpha value is -2.95. The number of anilines is 1. The Morgan fingerprint density at radius 1 is 1.22 bits per heavy atom. The number of benzene rings is 1. The summed E-state index contributed by atoms with van der Waals surface area (Å²) in [5, 5.41) is 8.66. The zero-order valence-corrected chi connectivity index (χ0v) is 22.6. The van der Waals surface area contributed by atoms with Crippen molar-refractivity contribution < 1.29 is 19.1 Å². The van der Waals surface area contributed by atoms with Gasteiger partial charge in [0.1, 0.15) is 5.75 Å². The smallest absolute Gasteiger partial charge is 0.274 e. The molecule has 1 aliphatic heterocycles. The minimum atomic E-state index is -0.553. The van der Waals surface area contributed by atoms with Crippen LogP contribution < -0.4 is 10.1 Å². The first kappa shape index (κ1) is 26.1. The minimum absolute atomic E-state index is 0.122. The summed E-state index contributed by atoms with van der Waals surface area (Å²) in [5.74, 6) is 0.393. The zero-order valence-electron chi connectivity index (χ0n) is 21.1. The lowest BCUT2D eigenvalue weighted by atomic mass is 9.96. The van der Waals surface area contributed by atoms with Gasteiger partial charge in [-0.15, -0.1) is 0 Å². The second-order valence-electron chi connectivity index (χ2n) is 9.57. The van der Waals surface area contributed by atoms with E-state index in [0.717, 1.165) is 21.8 Å². The van der Waals surface area contributed by atoms with Crippen molar-refractivity contribution in [3.63, 3.8) is 0 Å². The number of hydrogen-bond acceptors (Lipinski definition) is 7. The van der Waals surface area contributed by atoms with E-state index in [4.69, 9.17) is 26.2 Å². The third-order valence-corrected chi connectivity index (χ3v) is 7.12. The van der Waals surface area contributed by atoms with E-state index in [1.807, 2.05) is 33.8 Å². The normalized spacial score (nSPS) is 14.1. The van der Waals surface area contributed by atoms with Crippen LogP contribution in [0, 0.1) is 12.3 Å². The summed E-state index contributed by atoms with van der Waals surface area (Å²) >= 11 is 7.61. The van der Waals surface area contributed by atoms with Crippen molar-refractivity contribution in [3.05, 3.63) is 46.2 Å². The van der Waals surface area contributed by atoms with Gasteiger partial charge in [-0.3, -0.25) is 14.3 Å². The van der Waals surface area contributed by atoms with E-state index in [0.29, 0.717) is 54.4 Å². The minimum Gasteiger partial charge on any atom is -0.496 e. The van der Waals surface area contributed by atoms with Crippen LogP contribution in [0.25, 0.3) is 10.6 Å². The predicted octanol–water partition coefficient (Wildman–Crippen LogP) is 4.48. The van der Waals surface area contributed by atoms with Crippen LogP contribution in [0.3, 0.4) is 0 Å². The molecule has 0 saturated carbocycles. The molecule has 11 heteroatoms. The molecule has 1 aromatic carbocycles. The van der Waals surface area contributed by atoms with E-state index in [1.165, 1.54) is 11.3 Å². The van der Waals surface area contributed by atoms with Crippen molar-refractivity contribution in [2.24, 2.45) is 5.41 Å². The van der Waals surface area contributed by atoms with Crippen LogP contribution in [-0.4, -0.2) is 64.9 Å². The van der Waals surface area contributed by atoms with E-state index in [2.05, 4.69) is 10.3 Å². The second kappa shape index (κ2) is 10.6. The maximum atomic E-state index is 13.3. The van der Waals surface area contributed by atoms with Crippen molar-refractivity contribution in [2.75, 3.05) is 38.7 Å². The lowest BCUT2D eigenvalue weighted by molar-refractivity contribution is -0.123. The van der Waals surface area contributed by atoms with E-state index < -0.39 is 5.41 Å². The van der Waals surface area contributed by atoms with Gasteiger partial charge in [-0.2, -0.15) is 5.10 Å². The molecule has 0 aliphatic carbocycles. The summed E-state index contributed by atoms with van der Waals surface area (Å²) in [5.41, 5.74) is 2.06. The van der Waals surface area contributed by atoms with Crippen molar-refractivity contribution in [3.8, 4) is 16.3 Å². The van der Waals surface area contributed by atoms with Crippen LogP contribution >= 0.6 is 22.9 Å². The van der Waals surface area contributed by atoms with Crippen molar-refractivity contribution in [2.45, 2.75) is 34.2 Å². The Morgan fingerprint density at radius 2 is 1.94 bits per heavy atom. The molecule has 9 nitrogen and oxygen atoms in total. The molecule has 1 aliphatic rings. The van der Waals surface area contributed by atoms with E-state index in [1.54, 1.807) is 34.9 Å². The fourth-order valence-electron chi connectivity index (χ4n) is 3.76. The molecule has 2 amide bonds. The monoisotopic (exact) mass is 531 g/mol. The molecule has 0 atom stereocenters. The van der Waals surface area contributed by atoms with Crippen LogP contribution in [0.5, 0.6) is 5.75 Å². The number of hydrogen-bond donors (Lipinski definition) is 1. The number of rotatable bonds is 6. The summed E-state index contributed by atoms with van der Waals surface area (Å²) in [6.45, 7) is 9.79. The summed E-state index contributed by atoms with van der Waals surface area (Å²) in [4.78, 5) is 32.9. The third kappa shape index (κ3) is 5.71. The van der Waals surface area contributed by atoms with Crippen LogP contribution in [0.4, 0.5) is 5.13 Å². The van der Waals surface area contributed by atoms with Gasteiger partial charge in [0, 0.05) is 29.1 Å². The summed E-state index contributed by atoms with van der Waals surface area (Å²) in [6, 6.07) is 7.17. The molecule has 0 radical (unpaired) electrons. The van der Waals surface area contributed by atoms with Crippen molar-refractivity contribution in [1.82, 2.24) is 19.7 Å². The SMILES string of the molecule is COc1ccc(Cl)cc1Cn1nc(C(=O)N2CCOCC2)cc1-c1sc(NC(=O)C(C)(C)C)nc1C. The number of ether oxygens (including phenoxy) is 2. The van der Waals surface area contributed by atoms with Crippen molar-refractivity contribution in [1.29, 1.82) is 0 Å². The fraction of sp³-hybridized carbons (Fsp3) is 0.440. The molecule has 1 N–H and O–H groups in total. The average molecular weight is 532 g/mol. The quantitative estimate of drug-likeness (QED) is 0.503.